The van der Waals surface area contributed by atoms with Crippen molar-refractivity contribution in [3.8, 4) is 0 Å². The van der Waals surface area contributed by atoms with Crippen molar-refractivity contribution in [2.45, 2.75) is 44.8 Å². The fraction of sp³-hybridized carbons (Fsp3) is 0.533. The SMILES string of the molecule is C/C=C\c1ccn(C2OC(CCO)C(O)C2O)c(=S)c1C. The quantitative estimate of drug-likeness (QED) is 0.736. The first-order chi connectivity index (χ1) is 10.0. The maximum atomic E-state index is 10.2. The summed E-state index contributed by atoms with van der Waals surface area (Å²) in [5, 5.41) is 29.1. The molecule has 116 valence electrons. The van der Waals surface area contributed by atoms with Gasteiger partial charge < -0.3 is 24.6 Å². The van der Waals surface area contributed by atoms with E-state index in [2.05, 4.69) is 0 Å². The van der Waals surface area contributed by atoms with Gasteiger partial charge in [-0.1, -0.05) is 24.4 Å². The van der Waals surface area contributed by atoms with Crippen molar-refractivity contribution in [3.05, 3.63) is 34.1 Å². The van der Waals surface area contributed by atoms with Crippen LogP contribution in [0.15, 0.2) is 18.3 Å². The number of allylic oxidation sites excluding steroid dienone is 1. The van der Waals surface area contributed by atoms with E-state index in [0.717, 1.165) is 11.1 Å². The molecule has 21 heavy (non-hydrogen) atoms. The molecule has 5 nitrogen and oxygen atoms in total. The third-order valence-corrected chi connectivity index (χ3v) is 4.29. The molecule has 1 saturated heterocycles. The normalized spacial score (nSPS) is 29.4. The van der Waals surface area contributed by atoms with E-state index in [1.54, 1.807) is 10.8 Å². The van der Waals surface area contributed by atoms with Gasteiger partial charge in [-0.05, 0) is 37.5 Å². The number of pyridine rings is 1. The highest BCUT2D eigenvalue weighted by Crippen LogP contribution is 2.31. The molecule has 1 aromatic heterocycles. The molecular formula is C15H21NO4S. The first-order valence-electron chi connectivity index (χ1n) is 6.98. The summed E-state index contributed by atoms with van der Waals surface area (Å²) in [4.78, 5) is 0. The van der Waals surface area contributed by atoms with Crippen molar-refractivity contribution in [1.29, 1.82) is 0 Å². The highest BCUT2D eigenvalue weighted by atomic mass is 32.1. The van der Waals surface area contributed by atoms with Gasteiger partial charge in [-0.15, -0.1) is 0 Å². The molecule has 1 aliphatic heterocycles. The number of aliphatic hydroxyl groups is 3. The molecule has 0 aromatic carbocycles. The van der Waals surface area contributed by atoms with Crippen molar-refractivity contribution in [3.63, 3.8) is 0 Å². The second kappa shape index (κ2) is 6.81. The summed E-state index contributed by atoms with van der Waals surface area (Å²) in [7, 11) is 0. The molecule has 2 rings (SSSR count). The number of hydrogen-bond donors (Lipinski definition) is 3. The highest BCUT2D eigenvalue weighted by molar-refractivity contribution is 7.71. The minimum absolute atomic E-state index is 0.105. The lowest BCUT2D eigenvalue weighted by atomic mass is 10.1. The number of hydrogen-bond acceptors (Lipinski definition) is 5. The van der Waals surface area contributed by atoms with Crippen LogP contribution in [-0.2, 0) is 4.74 Å². The minimum Gasteiger partial charge on any atom is -0.396 e. The second-order valence-corrected chi connectivity index (χ2v) is 5.55. The van der Waals surface area contributed by atoms with E-state index in [1.807, 2.05) is 32.1 Å². The fourth-order valence-corrected chi connectivity index (χ4v) is 2.84. The third kappa shape index (κ3) is 3.09. The summed E-state index contributed by atoms with van der Waals surface area (Å²) in [5.74, 6) is 0. The Bertz CT molecular complexity index is 584. The zero-order chi connectivity index (χ0) is 15.6. The Morgan fingerprint density at radius 2 is 2.10 bits per heavy atom. The van der Waals surface area contributed by atoms with Crippen LogP contribution in [0.25, 0.3) is 6.08 Å². The van der Waals surface area contributed by atoms with Gasteiger partial charge in [-0.2, -0.15) is 0 Å². The van der Waals surface area contributed by atoms with Crippen molar-refractivity contribution >= 4 is 18.3 Å². The Labute approximate surface area is 129 Å². The number of nitrogens with zero attached hydrogens (tertiary/aromatic N) is 1. The van der Waals surface area contributed by atoms with Crippen molar-refractivity contribution in [2.24, 2.45) is 0 Å². The molecule has 0 aliphatic carbocycles. The summed E-state index contributed by atoms with van der Waals surface area (Å²) in [5.41, 5.74) is 1.93. The molecule has 2 heterocycles. The van der Waals surface area contributed by atoms with Crippen LogP contribution in [0.1, 0.15) is 30.7 Å². The van der Waals surface area contributed by atoms with Crippen molar-refractivity contribution in [2.75, 3.05) is 6.61 Å². The summed E-state index contributed by atoms with van der Waals surface area (Å²) < 4.78 is 7.88. The molecular weight excluding hydrogens is 290 g/mol. The molecule has 1 aliphatic rings. The van der Waals surface area contributed by atoms with Crippen LogP contribution in [0.2, 0.25) is 0 Å². The first kappa shape index (κ1) is 16.3. The van der Waals surface area contributed by atoms with Crippen molar-refractivity contribution in [1.82, 2.24) is 4.57 Å². The van der Waals surface area contributed by atoms with Gasteiger partial charge in [-0.3, -0.25) is 0 Å². The van der Waals surface area contributed by atoms with Gasteiger partial charge in [-0.25, -0.2) is 0 Å². The molecule has 1 fully saturated rings. The molecule has 0 saturated carbocycles. The van der Waals surface area contributed by atoms with E-state index in [4.69, 9.17) is 22.1 Å². The lowest BCUT2D eigenvalue weighted by Crippen LogP contribution is -2.32. The summed E-state index contributed by atoms with van der Waals surface area (Å²) in [6.07, 6.45) is 2.51. The first-order valence-corrected chi connectivity index (χ1v) is 7.39. The van der Waals surface area contributed by atoms with Crippen LogP contribution in [0.4, 0.5) is 0 Å². The predicted molar refractivity (Wildman–Crippen MR) is 82.3 cm³/mol. The van der Waals surface area contributed by atoms with Gasteiger partial charge in [0.05, 0.1) is 6.10 Å². The maximum absolute atomic E-state index is 10.2. The monoisotopic (exact) mass is 311 g/mol. The molecule has 0 bridgehead atoms. The van der Waals surface area contributed by atoms with Crippen LogP contribution < -0.4 is 0 Å². The van der Waals surface area contributed by atoms with Gasteiger partial charge in [0.1, 0.15) is 16.8 Å². The van der Waals surface area contributed by atoms with Crippen molar-refractivity contribution < 1.29 is 20.1 Å². The largest absolute Gasteiger partial charge is 0.396 e. The van der Waals surface area contributed by atoms with Gasteiger partial charge in [0, 0.05) is 12.8 Å². The number of rotatable bonds is 4. The summed E-state index contributed by atoms with van der Waals surface area (Å²) >= 11 is 5.43. The number of aromatic nitrogens is 1. The van der Waals surface area contributed by atoms with Gasteiger partial charge >= 0.3 is 0 Å². The molecule has 0 amide bonds. The van der Waals surface area contributed by atoms with E-state index >= 15 is 0 Å². The highest BCUT2D eigenvalue weighted by Gasteiger charge is 2.43. The Balaban J connectivity index is 2.35. The molecule has 4 unspecified atom stereocenters. The molecule has 0 radical (unpaired) electrons. The number of ether oxygens (including phenoxy) is 1. The van der Waals surface area contributed by atoms with E-state index in [0.29, 0.717) is 4.64 Å². The Hall–Kier alpha value is -1.05. The van der Waals surface area contributed by atoms with Gasteiger partial charge in [0.2, 0.25) is 0 Å². The lowest BCUT2D eigenvalue weighted by molar-refractivity contribution is -0.0435. The van der Waals surface area contributed by atoms with Crippen LogP contribution in [0.5, 0.6) is 0 Å². The molecule has 6 heteroatoms. The van der Waals surface area contributed by atoms with Gasteiger partial charge in [0.15, 0.2) is 6.23 Å². The molecule has 1 aromatic rings. The molecule has 0 spiro atoms. The fourth-order valence-electron chi connectivity index (χ4n) is 2.56. The van der Waals surface area contributed by atoms with E-state index < -0.39 is 24.5 Å². The summed E-state index contributed by atoms with van der Waals surface area (Å²) in [6, 6.07) is 1.90. The van der Waals surface area contributed by atoms with Crippen LogP contribution in [-0.4, -0.2) is 44.8 Å². The maximum Gasteiger partial charge on any atom is 0.163 e. The smallest absolute Gasteiger partial charge is 0.163 e. The molecule has 4 atom stereocenters. The zero-order valence-electron chi connectivity index (χ0n) is 12.1. The topological polar surface area (TPSA) is 74.9 Å². The lowest BCUT2D eigenvalue weighted by Gasteiger charge is -2.20. The Morgan fingerprint density at radius 1 is 1.38 bits per heavy atom. The predicted octanol–water partition coefficient (Wildman–Crippen LogP) is 1.56. The van der Waals surface area contributed by atoms with E-state index in [1.165, 1.54) is 0 Å². The number of aliphatic hydroxyl groups excluding tert-OH is 3. The zero-order valence-corrected chi connectivity index (χ0v) is 13.0. The Kier molecular flexibility index (Phi) is 5.29. The third-order valence-electron chi connectivity index (χ3n) is 3.77. The summed E-state index contributed by atoms with van der Waals surface area (Å²) in [6.45, 7) is 3.74. The van der Waals surface area contributed by atoms with Crippen LogP contribution >= 0.6 is 12.2 Å². The van der Waals surface area contributed by atoms with E-state index in [9.17, 15) is 10.2 Å². The average molecular weight is 311 g/mol. The van der Waals surface area contributed by atoms with Crippen LogP contribution in [0.3, 0.4) is 0 Å². The standard InChI is InChI=1S/C15H21NO4S/c1-3-4-10-5-7-16(15(21)9(10)2)14-13(19)12(18)11(20-14)6-8-17/h3-5,7,11-14,17-19H,6,8H2,1-2H3/b4-3-. The second-order valence-electron chi connectivity index (χ2n) is 5.17. The Morgan fingerprint density at radius 3 is 2.71 bits per heavy atom. The van der Waals surface area contributed by atoms with Crippen LogP contribution in [0, 0.1) is 11.6 Å². The average Bonchev–Trinajstić information content (AvgIpc) is 2.73. The molecule has 3 N–H and O–H groups in total. The minimum atomic E-state index is -1.07. The van der Waals surface area contributed by atoms with Gasteiger partial charge in [0.25, 0.3) is 0 Å². The van der Waals surface area contributed by atoms with E-state index in [-0.39, 0.29) is 13.0 Å².